The average Bonchev–Trinajstić information content (AvgIpc) is 2.69. The number of amides is 1. The molecule has 0 bridgehead atoms. The minimum atomic E-state index is -3.58. The van der Waals surface area contributed by atoms with Crippen molar-refractivity contribution >= 4 is 22.2 Å². The Kier molecular flexibility index (Phi) is 8.35. The maximum absolute atomic E-state index is 13.3. The molecule has 1 atom stereocenters. The first-order valence-electron chi connectivity index (χ1n) is 9.13. The minimum absolute atomic E-state index is 0.0777. The summed E-state index contributed by atoms with van der Waals surface area (Å²) in [4.78, 5) is 19.7. The first-order valence-corrected chi connectivity index (χ1v) is 10.9. The van der Waals surface area contributed by atoms with E-state index in [0.717, 1.165) is 17.4 Å². The quantitative estimate of drug-likeness (QED) is 0.336. The Labute approximate surface area is 172 Å². The summed E-state index contributed by atoms with van der Waals surface area (Å²) in [5, 5.41) is 3.82. The van der Waals surface area contributed by atoms with Gasteiger partial charge in [-0.1, -0.05) is 53.2 Å². The highest BCUT2D eigenvalue weighted by atomic mass is 32.2. The number of hydrogen-bond donors (Lipinski definition) is 0. The third-order valence-corrected chi connectivity index (χ3v) is 4.80. The Morgan fingerprint density at radius 3 is 2.38 bits per heavy atom. The standard InChI is InChI=1S/C21H26N2O5S/c1-17-9-11-19(12-10-17)21(24)23(16-18-7-5-4-6-8-18)20(15-22-27-2)13-14-28-29(3,25)26/h4-12,15,20H,13-14,16H2,1-3H3. The lowest BCUT2D eigenvalue weighted by molar-refractivity contribution is 0.0695. The fourth-order valence-electron chi connectivity index (χ4n) is 2.74. The summed E-state index contributed by atoms with van der Waals surface area (Å²) in [5.41, 5.74) is 2.52. The van der Waals surface area contributed by atoms with E-state index < -0.39 is 16.2 Å². The normalized spacial score (nSPS) is 12.7. The second-order valence-corrected chi connectivity index (χ2v) is 8.25. The zero-order valence-corrected chi connectivity index (χ0v) is 17.6. The molecule has 2 rings (SSSR count). The Morgan fingerprint density at radius 2 is 1.79 bits per heavy atom. The molecular formula is C21H26N2O5S. The van der Waals surface area contributed by atoms with Crippen molar-refractivity contribution in [2.75, 3.05) is 20.0 Å². The summed E-state index contributed by atoms with van der Waals surface area (Å²) < 4.78 is 27.5. The molecule has 0 radical (unpaired) electrons. The molecule has 0 aliphatic heterocycles. The zero-order chi connectivity index (χ0) is 21.3. The summed E-state index contributed by atoms with van der Waals surface area (Å²) in [6, 6.07) is 16.3. The molecule has 0 heterocycles. The molecule has 0 aromatic heterocycles. The van der Waals surface area contributed by atoms with Crippen LogP contribution in [-0.4, -0.2) is 51.5 Å². The van der Waals surface area contributed by atoms with Crippen LogP contribution in [0.1, 0.15) is 27.9 Å². The maximum Gasteiger partial charge on any atom is 0.264 e. The van der Waals surface area contributed by atoms with Crippen molar-refractivity contribution in [1.82, 2.24) is 4.90 Å². The highest BCUT2D eigenvalue weighted by molar-refractivity contribution is 7.85. The largest absolute Gasteiger partial charge is 0.399 e. The number of aryl methyl sites for hydroxylation is 1. The summed E-state index contributed by atoms with van der Waals surface area (Å²) >= 11 is 0. The van der Waals surface area contributed by atoms with Crippen LogP contribution in [0.5, 0.6) is 0 Å². The van der Waals surface area contributed by atoms with Gasteiger partial charge in [0.25, 0.3) is 16.0 Å². The number of rotatable bonds is 10. The van der Waals surface area contributed by atoms with Gasteiger partial charge in [0.15, 0.2) is 0 Å². The van der Waals surface area contributed by atoms with Crippen LogP contribution in [-0.2, 0) is 25.7 Å². The van der Waals surface area contributed by atoms with Crippen molar-refractivity contribution in [3.63, 3.8) is 0 Å². The molecule has 156 valence electrons. The van der Waals surface area contributed by atoms with Gasteiger partial charge in [-0.05, 0) is 31.0 Å². The van der Waals surface area contributed by atoms with Gasteiger partial charge in [-0.25, -0.2) is 0 Å². The van der Waals surface area contributed by atoms with Crippen molar-refractivity contribution in [1.29, 1.82) is 0 Å². The fraction of sp³-hybridized carbons (Fsp3) is 0.333. The molecule has 0 aliphatic carbocycles. The van der Waals surface area contributed by atoms with E-state index in [4.69, 9.17) is 9.02 Å². The monoisotopic (exact) mass is 418 g/mol. The molecule has 0 fully saturated rings. The van der Waals surface area contributed by atoms with Crippen molar-refractivity contribution < 1.29 is 22.2 Å². The SMILES string of the molecule is CON=CC(CCOS(C)(=O)=O)N(Cc1ccccc1)C(=O)c1ccc(C)cc1. The maximum atomic E-state index is 13.3. The van der Waals surface area contributed by atoms with Gasteiger partial charge >= 0.3 is 0 Å². The minimum Gasteiger partial charge on any atom is -0.399 e. The number of carbonyl (C=O) groups is 1. The molecule has 0 N–H and O–H groups in total. The van der Waals surface area contributed by atoms with E-state index in [1.54, 1.807) is 17.0 Å². The Hall–Kier alpha value is -2.71. The van der Waals surface area contributed by atoms with E-state index in [-0.39, 0.29) is 18.9 Å². The van der Waals surface area contributed by atoms with Crippen LogP contribution in [0.3, 0.4) is 0 Å². The number of hydrogen-bond acceptors (Lipinski definition) is 6. The fourth-order valence-corrected chi connectivity index (χ4v) is 3.14. The van der Waals surface area contributed by atoms with E-state index in [1.807, 2.05) is 49.4 Å². The molecule has 0 aliphatic rings. The van der Waals surface area contributed by atoms with E-state index in [2.05, 4.69) is 5.16 Å². The highest BCUT2D eigenvalue weighted by Gasteiger charge is 2.24. The second-order valence-electron chi connectivity index (χ2n) is 6.60. The third kappa shape index (κ3) is 7.67. The zero-order valence-electron chi connectivity index (χ0n) is 16.8. The molecule has 8 heteroatoms. The smallest absolute Gasteiger partial charge is 0.264 e. The van der Waals surface area contributed by atoms with Crippen molar-refractivity contribution in [3.8, 4) is 0 Å². The molecule has 1 unspecified atom stereocenters. The van der Waals surface area contributed by atoms with Crippen LogP contribution in [0.4, 0.5) is 0 Å². The average molecular weight is 419 g/mol. The molecule has 29 heavy (non-hydrogen) atoms. The number of nitrogens with zero attached hydrogens (tertiary/aromatic N) is 2. The molecule has 0 saturated heterocycles. The molecule has 1 amide bonds. The van der Waals surface area contributed by atoms with E-state index >= 15 is 0 Å². The topological polar surface area (TPSA) is 85.3 Å². The van der Waals surface area contributed by atoms with E-state index in [0.29, 0.717) is 12.1 Å². The van der Waals surface area contributed by atoms with Gasteiger partial charge in [0, 0.05) is 12.1 Å². The van der Waals surface area contributed by atoms with Crippen molar-refractivity contribution in [2.45, 2.75) is 25.9 Å². The second kappa shape index (κ2) is 10.7. The summed E-state index contributed by atoms with van der Waals surface area (Å²) in [6.45, 7) is 2.20. The Morgan fingerprint density at radius 1 is 1.14 bits per heavy atom. The van der Waals surface area contributed by atoms with Gasteiger partial charge in [-0.15, -0.1) is 0 Å². The molecule has 2 aromatic rings. The lowest BCUT2D eigenvalue weighted by atomic mass is 10.1. The Bertz CT molecular complexity index is 912. The third-order valence-electron chi connectivity index (χ3n) is 4.20. The summed E-state index contributed by atoms with van der Waals surface area (Å²) in [5.74, 6) is -0.194. The molecule has 7 nitrogen and oxygen atoms in total. The molecule has 2 aromatic carbocycles. The highest BCUT2D eigenvalue weighted by Crippen LogP contribution is 2.16. The molecule has 0 spiro atoms. The lowest BCUT2D eigenvalue weighted by Gasteiger charge is -2.29. The van der Waals surface area contributed by atoms with Crippen LogP contribution < -0.4 is 0 Å². The number of oxime groups is 1. The van der Waals surface area contributed by atoms with Gasteiger partial charge in [0.1, 0.15) is 7.11 Å². The predicted molar refractivity (Wildman–Crippen MR) is 112 cm³/mol. The first kappa shape index (κ1) is 22.6. The van der Waals surface area contributed by atoms with E-state index in [9.17, 15) is 13.2 Å². The van der Waals surface area contributed by atoms with Gasteiger partial charge < -0.3 is 9.74 Å². The van der Waals surface area contributed by atoms with Gasteiger partial charge in [0.2, 0.25) is 0 Å². The summed E-state index contributed by atoms with van der Waals surface area (Å²) in [7, 11) is -2.17. The van der Waals surface area contributed by atoms with Crippen LogP contribution in [0.25, 0.3) is 0 Å². The van der Waals surface area contributed by atoms with Crippen LogP contribution >= 0.6 is 0 Å². The Balaban J connectivity index is 2.33. The van der Waals surface area contributed by atoms with Gasteiger partial charge in [-0.3, -0.25) is 8.98 Å². The van der Waals surface area contributed by atoms with Crippen molar-refractivity contribution in [2.24, 2.45) is 5.16 Å². The number of benzene rings is 2. The predicted octanol–water partition coefficient (Wildman–Crippen LogP) is 3.00. The van der Waals surface area contributed by atoms with Crippen LogP contribution in [0, 0.1) is 6.92 Å². The van der Waals surface area contributed by atoms with Gasteiger partial charge in [0.05, 0.1) is 25.1 Å². The molecule has 0 saturated carbocycles. The lowest BCUT2D eigenvalue weighted by Crippen LogP contribution is -2.41. The number of carbonyl (C=O) groups excluding carboxylic acids is 1. The van der Waals surface area contributed by atoms with E-state index in [1.165, 1.54) is 13.3 Å². The van der Waals surface area contributed by atoms with Crippen LogP contribution in [0.2, 0.25) is 0 Å². The van der Waals surface area contributed by atoms with Crippen molar-refractivity contribution in [3.05, 3.63) is 71.3 Å². The summed E-state index contributed by atoms with van der Waals surface area (Å²) in [6.07, 6.45) is 2.72. The van der Waals surface area contributed by atoms with Gasteiger partial charge in [-0.2, -0.15) is 8.42 Å². The molecular weight excluding hydrogens is 392 g/mol. The van der Waals surface area contributed by atoms with Crippen LogP contribution in [0.15, 0.2) is 59.8 Å². The first-order chi connectivity index (χ1) is 13.8.